The Kier molecular flexibility index (Phi) is 3.58. The zero-order valence-electron chi connectivity index (χ0n) is 9.19. The van der Waals surface area contributed by atoms with Gasteiger partial charge in [-0.25, -0.2) is 0 Å². The average molecular weight is 223 g/mol. The number of piperazine rings is 1. The van der Waals surface area contributed by atoms with Gasteiger partial charge in [-0.1, -0.05) is 0 Å². The Balaban J connectivity index is 2.02. The van der Waals surface area contributed by atoms with Gasteiger partial charge in [0, 0.05) is 13.1 Å². The molecule has 1 amide bonds. The maximum Gasteiger partial charge on any atom is 0.237 e. The van der Waals surface area contributed by atoms with Crippen molar-refractivity contribution in [3.8, 4) is 0 Å². The first kappa shape index (κ1) is 11.2. The van der Waals surface area contributed by atoms with E-state index in [-0.39, 0.29) is 11.9 Å². The highest BCUT2D eigenvalue weighted by Crippen LogP contribution is 2.13. The molecular formula is C11H17N3O2. The van der Waals surface area contributed by atoms with E-state index in [1.165, 1.54) is 0 Å². The fourth-order valence-corrected chi connectivity index (χ4v) is 2.03. The first-order chi connectivity index (χ1) is 7.81. The lowest BCUT2D eigenvalue weighted by Crippen LogP contribution is -2.55. The number of hydrogen-bond acceptors (Lipinski definition) is 4. The van der Waals surface area contributed by atoms with Crippen molar-refractivity contribution in [2.24, 2.45) is 5.73 Å². The summed E-state index contributed by atoms with van der Waals surface area (Å²) in [6, 6.07) is 3.66. The fraction of sp³-hybridized carbons (Fsp3) is 0.545. The zero-order valence-corrected chi connectivity index (χ0v) is 9.19. The predicted molar refractivity (Wildman–Crippen MR) is 59.6 cm³/mol. The Hall–Kier alpha value is -1.33. The smallest absolute Gasteiger partial charge is 0.237 e. The SMILES string of the molecule is NCCC1C(=O)NCCN1Cc1ccco1. The molecule has 1 aliphatic heterocycles. The summed E-state index contributed by atoms with van der Waals surface area (Å²) >= 11 is 0. The molecule has 1 aromatic heterocycles. The van der Waals surface area contributed by atoms with Crippen LogP contribution in [0.1, 0.15) is 12.2 Å². The molecule has 1 fully saturated rings. The molecule has 0 aliphatic carbocycles. The first-order valence-corrected chi connectivity index (χ1v) is 5.55. The Morgan fingerprint density at radius 1 is 1.62 bits per heavy atom. The van der Waals surface area contributed by atoms with Gasteiger partial charge in [0.15, 0.2) is 0 Å². The Morgan fingerprint density at radius 3 is 3.19 bits per heavy atom. The molecule has 0 spiro atoms. The van der Waals surface area contributed by atoms with Crippen molar-refractivity contribution in [3.05, 3.63) is 24.2 Å². The summed E-state index contributed by atoms with van der Waals surface area (Å²) in [5, 5.41) is 2.86. The Bertz CT molecular complexity index is 337. The summed E-state index contributed by atoms with van der Waals surface area (Å²) < 4.78 is 5.29. The van der Waals surface area contributed by atoms with Crippen LogP contribution in [-0.2, 0) is 11.3 Å². The van der Waals surface area contributed by atoms with Crippen LogP contribution < -0.4 is 11.1 Å². The summed E-state index contributed by atoms with van der Waals surface area (Å²) in [5.74, 6) is 0.958. The number of amides is 1. The number of nitrogens with zero attached hydrogens (tertiary/aromatic N) is 1. The molecule has 5 heteroatoms. The summed E-state index contributed by atoms with van der Waals surface area (Å²) in [6.45, 7) is 2.73. The minimum Gasteiger partial charge on any atom is -0.468 e. The molecule has 1 saturated heterocycles. The lowest BCUT2D eigenvalue weighted by Gasteiger charge is -2.34. The van der Waals surface area contributed by atoms with Gasteiger partial charge in [0.25, 0.3) is 0 Å². The number of nitrogens with one attached hydrogen (secondary N) is 1. The number of rotatable bonds is 4. The summed E-state index contributed by atoms with van der Waals surface area (Å²) in [5.41, 5.74) is 5.53. The largest absolute Gasteiger partial charge is 0.468 e. The van der Waals surface area contributed by atoms with Crippen molar-refractivity contribution in [2.75, 3.05) is 19.6 Å². The van der Waals surface area contributed by atoms with Crippen LogP contribution in [0.25, 0.3) is 0 Å². The van der Waals surface area contributed by atoms with Crippen molar-refractivity contribution in [1.82, 2.24) is 10.2 Å². The van der Waals surface area contributed by atoms with E-state index in [1.807, 2.05) is 12.1 Å². The molecule has 0 saturated carbocycles. The zero-order chi connectivity index (χ0) is 11.4. The van der Waals surface area contributed by atoms with Crippen molar-refractivity contribution >= 4 is 5.91 Å². The minimum absolute atomic E-state index is 0.0725. The summed E-state index contributed by atoms with van der Waals surface area (Å²) in [7, 11) is 0. The molecule has 88 valence electrons. The highest BCUT2D eigenvalue weighted by atomic mass is 16.3. The van der Waals surface area contributed by atoms with E-state index in [2.05, 4.69) is 10.2 Å². The van der Waals surface area contributed by atoms with E-state index in [1.54, 1.807) is 6.26 Å². The van der Waals surface area contributed by atoms with E-state index in [4.69, 9.17) is 10.2 Å². The van der Waals surface area contributed by atoms with Crippen molar-refractivity contribution in [1.29, 1.82) is 0 Å². The van der Waals surface area contributed by atoms with Gasteiger partial charge < -0.3 is 15.5 Å². The average Bonchev–Trinajstić information content (AvgIpc) is 2.76. The molecule has 16 heavy (non-hydrogen) atoms. The van der Waals surface area contributed by atoms with Crippen LogP contribution in [0.2, 0.25) is 0 Å². The van der Waals surface area contributed by atoms with Crippen LogP contribution in [0.15, 0.2) is 22.8 Å². The summed E-state index contributed by atoms with van der Waals surface area (Å²) in [6.07, 6.45) is 2.34. The summed E-state index contributed by atoms with van der Waals surface area (Å²) in [4.78, 5) is 13.8. The number of hydrogen-bond donors (Lipinski definition) is 2. The lowest BCUT2D eigenvalue weighted by molar-refractivity contribution is -0.129. The second kappa shape index (κ2) is 5.14. The maximum atomic E-state index is 11.7. The van der Waals surface area contributed by atoms with Gasteiger partial charge in [0.1, 0.15) is 5.76 Å². The number of nitrogens with two attached hydrogens (primary N) is 1. The fourth-order valence-electron chi connectivity index (χ4n) is 2.03. The molecule has 0 bridgehead atoms. The van der Waals surface area contributed by atoms with Crippen LogP contribution in [0.4, 0.5) is 0 Å². The molecule has 1 aromatic rings. The lowest BCUT2D eigenvalue weighted by atomic mass is 10.1. The minimum atomic E-state index is -0.121. The first-order valence-electron chi connectivity index (χ1n) is 5.55. The number of furan rings is 1. The highest BCUT2D eigenvalue weighted by molar-refractivity contribution is 5.82. The number of carbonyl (C=O) groups is 1. The van der Waals surface area contributed by atoms with E-state index < -0.39 is 0 Å². The highest BCUT2D eigenvalue weighted by Gasteiger charge is 2.29. The van der Waals surface area contributed by atoms with Gasteiger partial charge in [0.05, 0.1) is 18.8 Å². The van der Waals surface area contributed by atoms with Crippen molar-refractivity contribution < 1.29 is 9.21 Å². The number of carbonyl (C=O) groups excluding carboxylic acids is 1. The molecule has 1 aliphatic rings. The van der Waals surface area contributed by atoms with E-state index in [9.17, 15) is 4.79 Å². The molecule has 1 atom stereocenters. The van der Waals surface area contributed by atoms with E-state index in [0.717, 1.165) is 12.3 Å². The second-order valence-electron chi connectivity index (χ2n) is 3.93. The third kappa shape index (κ3) is 2.43. The monoisotopic (exact) mass is 223 g/mol. The van der Waals surface area contributed by atoms with Crippen molar-refractivity contribution in [3.63, 3.8) is 0 Å². The normalized spacial score (nSPS) is 22.1. The van der Waals surface area contributed by atoms with Gasteiger partial charge in [-0.05, 0) is 25.1 Å². The van der Waals surface area contributed by atoms with Gasteiger partial charge in [-0.15, -0.1) is 0 Å². The Labute approximate surface area is 94.6 Å². The predicted octanol–water partition coefficient (Wildman–Crippen LogP) is -0.0712. The molecule has 2 rings (SSSR count). The molecular weight excluding hydrogens is 206 g/mol. The third-order valence-corrected chi connectivity index (χ3v) is 2.82. The van der Waals surface area contributed by atoms with Crippen LogP contribution in [-0.4, -0.2) is 36.5 Å². The van der Waals surface area contributed by atoms with Crippen LogP contribution >= 0.6 is 0 Å². The third-order valence-electron chi connectivity index (χ3n) is 2.82. The van der Waals surface area contributed by atoms with Gasteiger partial charge in [-0.2, -0.15) is 0 Å². The van der Waals surface area contributed by atoms with Gasteiger partial charge in [0.2, 0.25) is 5.91 Å². The second-order valence-corrected chi connectivity index (χ2v) is 3.93. The molecule has 5 nitrogen and oxygen atoms in total. The van der Waals surface area contributed by atoms with Crippen LogP contribution in [0.3, 0.4) is 0 Å². The van der Waals surface area contributed by atoms with Crippen molar-refractivity contribution in [2.45, 2.75) is 19.0 Å². The van der Waals surface area contributed by atoms with Crippen LogP contribution in [0, 0.1) is 0 Å². The molecule has 1 unspecified atom stereocenters. The quantitative estimate of drug-likeness (QED) is 0.749. The van der Waals surface area contributed by atoms with Gasteiger partial charge >= 0.3 is 0 Å². The van der Waals surface area contributed by atoms with Gasteiger partial charge in [-0.3, -0.25) is 9.69 Å². The van der Waals surface area contributed by atoms with Crippen LogP contribution in [0.5, 0.6) is 0 Å². The maximum absolute atomic E-state index is 11.7. The molecule has 0 aromatic carbocycles. The Morgan fingerprint density at radius 2 is 2.50 bits per heavy atom. The molecule has 0 radical (unpaired) electrons. The van der Waals surface area contributed by atoms with E-state index in [0.29, 0.717) is 26.1 Å². The standard InChI is InChI=1S/C11H17N3O2/c12-4-3-10-11(15)13-5-6-14(10)8-9-2-1-7-16-9/h1-2,7,10H,3-6,8,12H2,(H,13,15). The molecule has 3 N–H and O–H groups in total. The molecule has 2 heterocycles. The van der Waals surface area contributed by atoms with E-state index >= 15 is 0 Å². The topological polar surface area (TPSA) is 71.5 Å².